The third-order valence-electron chi connectivity index (χ3n) is 4.61. The van der Waals surface area contributed by atoms with Crippen molar-refractivity contribution >= 4 is 34.8 Å². The first-order valence-electron chi connectivity index (χ1n) is 8.95. The molecule has 1 aliphatic rings. The fourth-order valence-corrected chi connectivity index (χ4v) is 4.67. The van der Waals surface area contributed by atoms with Crippen LogP contribution in [0.25, 0.3) is 5.78 Å². The maximum Gasteiger partial charge on any atom is 0.253 e. The van der Waals surface area contributed by atoms with Crippen LogP contribution in [0.4, 0.5) is 0 Å². The van der Waals surface area contributed by atoms with Crippen molar-refractivity contribution in [3.8, 4) is 0 Å². The lowest BCUT2D eigenvalue weighted by Crippen LogP contribution is -2.48. The van der Waals surface area contributed by atoms with Gasteiger partial charge in [-0.3, -0.25) is 9.69 Å². The summed E-state index contributed by atoms with van der Waals surface area (Å²) in [6.07, 6.45) is 0. The summed E-state index contributed by atoms with van der Waals surface area (Å²) in [5.74, 6) is 1.10. The standard InChI is InChI=1S/C18H22N6OS2/c1-13-10-14(2)24-17(19-13)20-18(21-24)27-12-16(25)23-7-5-22(6-8-23)11-15-4-3-9-26-15/h3-4,9-10H,5-8,11-12H2,1-2H3. The molecule has 0 saturated carbocycles. The minimum atomic E-state index is 0.149. The van der Waals surface area contributed by atoms with Crippen LogP contribution in [-0.2, 0) is 11.3 Å². The molecule has 1 saturated heterocycles. The Bertz CT molecular complexity index is 931. The van der Waals surface area contributed by atoms with Crippen LogP contribution < -0.4 is 0 Å². The molecule has 7 nitrogen and oxygen atoms in total. The number of hydrogen-bond donors (Lipinski definition) is 0. The predicted molar refractivity (Wildman–Crippen MR) is 107 cm³/mol. The molecule has 0 bridgehead atoms. The van der Waals surface area contributed by atoms with E-state index in [0.717, 1.165) is 44.1 Å². The Morgan fingerprint density at radius 1 is 1.22 bits per heavy atom. The maximum atomic E-state index is 12.5. The van der Waals surface area contributed by atoms with Gasteiger partial charge in [0.05, 0.1) is 5.75 Å². The molecule has 0 unspecified atom stereocenters. The zero-order valence-electron chi connectivity index (χ0n) is 15.5. The predicted octanol–water partition coefficient (Wildman–Crippen LogP) is 2.24. The van der Waals surface area contributed by atoms with Crippen LogP contribution in [0.2, 0.25) is 0 Å². The molecular formula is C18H22N6OS2. The van der Waals surface area contributed by atoms with Crippen LogP contribution in [0.1, 0.15) is 16.3 Å². The van der Waals surface area contributed by atoms with Crippen LogP contribution in [0.3, 0.4) is 0 Å². The first kappa shape index (κ1) is 18.4. The lowest BCUT2D eigenvalue weighted by molar-refractivity contribution is -0.130. The Hall–Kier alpha value is -1.97. The number of nitrogens with zero attached hydrogens (tertiary/aromatic N) is 6. The molecular weight excluding hydrogens is 380 g/mol. The van der Waals surface area contributed by atoms with Crippen LogP contribution in [0.5, 0.6) is 0 Å². The molecule has 4 rings (SSSR count). The van der Waals surface area contributed by atoms with E-state index in [2.05, 4.69) is 37.5 Å². The molecule has 0 aromatic carbocycles. The van der Waals surface area contributed by atoms with Crippen molar-refractivity contribution in [1.82, 2.24) is 29.4 Å². The van der Waals surface area contributed by atoms with Crippen molar-refractivity contribution < 1.29 is 4.79 Å². The highest BCUT2D eigenvalue weighted by atomic mass is 32.2. The fourth-order valence-electron chi connectivity index (χ4n) is 3.20. The van der Waals surface area contributed by atoms with E-state index >= 15 is 0 Å². The summed E-state index contributed by atoms with van der Waals surface area (Å²) in [4.78, 5) is 27.1. The van der Waals surface area contributed by atoms with E-state index in [1.54, 1.807) is 15.9 Å². The van der Waals surface area contributed by atoms with Gasteiger partial charge in [-0.2, -0.15) is 4.98 Å². The SMILES string of the molecule is Cc1cc(C)n2nc(SCC(=O)N3CCN(Cc4cccs4)CC3)nc2n1. The van der Waals surface area contributed by atoms with Crippen LogP contribution in [0.15, 0.2) is 28.7 Å². The van der Waals surface area contributed by atoms with Gasteiger partial charge in [0.15, 0.2) is 0 Å². The molecule has 0 aliphatic carbocycles. The molecule has 27 heavy (non-hydrogen) atoms. The largest absolute Gasteiger partial charge is 0.339 e. The topological polar surface area (TPSA) is 66.6 Å². The van der Waals surface area contributed by atoms with Crippen molar-refractivity contribution in [2.24, 2.45) is 0 Å². The van der Waals surface area contributed by atoms with Gasteiger partial charge in [0.25, 0.3) is 5.78 Å². The molecule has 9 heteroatoms. The van der Waals surface area contributed by atoms with Gasteiger partial charge in [-0.15, -0.1) is 16.4 Å². The molecule has 1 amide bonds. The summed E-state index contributed by atoms with van der Waals surface area (Å²) in [5, 5.41) is 7.16. The van der Waals surface area contributed by atoms with E-state index in [9.17, 15) is 4.79 Å². The van der Waals surface area contributed by atoms with Crippen molar-refractivity contribution in [1.29, 1.82) is 0 Å². The summed E-state index contributed by atoms with van der Waals surface area (Å²) < 4.78 is 1.73. The summed E-state index contributed by atoms with van der Waals surface area (Å²) >= 11 is 3.17. The molecule has 142 valence electrons. The highest BCUT2D eigenvalue weighted by Gasteiger charge is 2.22. The van der Waals surface area contributed by atoms with Gasteiger partial charge in [0, 0.05) is 49.0 Å². The summed E-state index contributed by atoms with van der Waals surface area (Å²) in [6, 6.07) is 6.22. The third-order valence-corrected chi connectivity index (χ3v) is 6.29. The van der Waals surface area contributed by atoms with Gasteiger partial charge in [-0.05, 0) is 31.4 Å². The monoisotopic (exact) mass is 402 g/mol. The van der Waals surface area contributed by atoms with Gasteiger partial charge in [-0.25, -0.2) is 9.50 Å². The highest BCUT2D eigenvalue weighted by molar-refractivity contribution is 7.99. The molecule has 1 fully saturated rings. The van der Waals surface area contributed by atoms with Crippen LogP contribution >= 0.6 is 23.1 Å². The second-order valence-electron chi connectivity index (χ2n) is 6.67. The maximum absolute atomic E-state index is 12.5. The number of thioether (sulfide) groups is 1. The van der Waals surface area contributed by atoms with Crippen molar-refractivity contribution in [2.75, 3.05) is 31.9 Å². The van der Waals surface area contributed by atoms with Crippen molar-refractivity contribution in [3.63, 3.8) is 0 Å². The molecule has 1 aliphatic heterocycles. The number of rotatable bonds is 5. The van der Waals surface area contributed by atoms with Gasteiger partial charge < -0.3 is 4.90 Å². The number of carbonyl (C=O) groups excluding carboxylic acids is 1. The first-order valence-corrected chi connectivity index (χ1v) is 10.8. The molecule has 3 aromatic heterocycles. The van der Waals surface area contributed by atoms with Gasteiger partial charge in [-0.1, -0.05) is 17.8 Å². The van der Waals surface area contributed by atoms with Crippen molar-refractivity contribution in [3.05, 3.63) is 39.8 Å². The van der Waals surface area contributed by atoms with E-state index < -0.39 is 0 Å². The molecule has 0 N–H and O–H groups in total. The molecule has 0 atom stereocenters. The minimum absolute atomic E-state index is 0.149. The Balaban J connectivity index is 1.29. The average Bonchev–Trinajstić information content (AvgIpc) is 3.30. The molecule has 4 heterocycles. The molecule has 3 aromatic rings. The fraction of sp³-hybridized carbons (Fsp3) is 0.444. The van der Waals surface area contributed by atoms with Gasteiger partial charge >= 0.3 is 0 Å². The minimum Gasteiger partial charge on any atom is -0.339 e. The Morgan fingerprint density at radius 3 is 2.78 bits per heavy atom. The Morgan fingerprint density at radius 2 is 2.04 bits per heavy atom. The van der Waals surface area contributed by atoms with E-state index in [-0.39, 0.29) is 5.91 Å². The number of carbonyl (C=O) groups is 1. The summed E-state index contributed by atoms with van der Waals surface area (Å²) in [5.41, 5.74) is 1.91. The quantitative estimate of drug-likeness (QED) is 0.610. The van der Waals surface area contributed by atoms with Crippen molar-refractivity contribution in [2.45, 2.75) is 25.5 Å². The second kappa shape index (κ2) is 7.95. The van der Waals surface area contributed by atoms with Crippen LogP contribution in [-0.4, -0.2) is 67.2 Å². The number of thiophene rings is 1. The van der Waals surface area contributed by atoms with Crippen LogP contribution in [0, 0.1) is 13.8 Å². The zero-order chi connectivity index (χ0) is 18.8. The highest BCUT2D eigenvalue weighted by Crippen LogP contribution is 2.17. The normalized spacial score (nSPS) is 15.6. The van der Waals surface area contributed by atoms with Gasteiger partial charge in [0.1, 0.15) is 0 Å². The third kappa shape index (κ3) is 4.31. The zero-order valence-corrected chi connectivity index (χ0v) is 17.1. The Labute approximate surface area is 166 Å². The van der Waals surface area contributed by atoms with Gasteiger partial charge in [0.2, 0.25) is 11.1 Å². The number of piperazine rings is 1. The number of amides is 1. The lowest BCUT2D eigenvalue weighted by atomic mass is 10.3. The summed E-state index contributed by atoms with van der Waals surface area (Å²) in [7, 11) is 0. The summed E-state index contributed by atoms with van der Waals surface area (Å²) in [6.45, 7) is 8.30. The Kier molecular flexibility index (Phi) is 5.42. The number of aromatic nitrogens is 4. The average molecular weight is 403 g/mol. The van der Waals surface area contributed by atoms with E-state index in [0.29, 0.717) is 16.7 Å². The smallest absolute Gasteiger partial charge is 0.253 e. The molecule has 0 spiro atoms. The number of fused-ring (bicyclic) bond motifs is 1. The van der Waals surface area contributed by atoms with E-state index in [1.165, 1.54) is 16.6 Å². The first-order chi connectivity index (χ1) is 13.1. The second-order valence-corrected chi connectivity index (χ2v) is 8.64. The van der Waals surface area contributed by atoms with E-state index in [1.807, 2.05) is 24.8 Å². The lowest BCUT2D eigenvalue weighted by Gasteiger charge is -2.34. The number of aryl methyl sites for hydroxylation is 2. The van der Waals surface area contributed by atoms with E-state index in [4.69, 9.17) is 0 Å². The molecule has 0 radical (unpaired) electrons. The number of hydrogen-bond acceptors (Lipinski definition) is 7.